The number of aldehydes is 1. The highest BCUT2D eigenvalue weighted by Gasteiger charge is 2.35. The van der Waals surface area contributed by atoms with Gasteiger partial charge in [0, 0.05) is 43.0 Å². The summed E-state index contributed by atoms with van der Waals surface area (Å²) in [6.45, 7) is 5.15. The second-order valence-electron chi connectivity index (χ2n) is 8.22. The molecule has 1 unspecified atom stereocenters. The van der Waals surface area contributed by atoms with Crippen LogP contribution >= 0.6 is 0 Å². The largest absolute Gasteiger partial charge is 0.487 e. The Bertz CT molecular complexity index is 1040. The molecule has 8 nitrogen and oxygen atoms in total. The normalized spacial score (nSPS) is 13.9. The molecule has 1 aliphatic rings. The summed E-state index contributed by atoms with van der Waals surface area (Å²) >= 11 is 0. The van der Waals surface area contributed by atoms with Gasteiger partial charge in [0.05, 0.1) is 18.3 Å². The summed E-state index contributed by atoms with van der Waals surface area (Å²) < 4.78 is 5.97. The number of ether oxygens (including phenoxy) is 1. The fourth-order valence-corrected chi connectivity index (χ4v) is 4.00. The molecule has 0 spiro atoms. The van der Waals surface area contributed by atoms with Crippen LogP contribution < -0.4 is 21.6 Å². The molecule has 0 aliphatic carbocycles. The van der Waals surface area contributed by atoms with Crippen molar-refractivity contribution in [2.45, 2.75) is 31.8 Å². The number of likely N-dealkylation sites (N-methyl/N-ethyl adjacent to an activating group) is 1. The Morgan fingerprint density at radius 2 is 2.03 bits per heavy atom. The van der Waals surface area contributed by atoms with Crippen molar-refractivity contribution in [3.8, 4) is 5.75 Å². The number of hydrazine groups is 1. The lowest BCUT2D eigenvalue weighted by atomic mass is 10.1. The van der Waals surface area contributed by atoms with Gasteiger partial charge in [-0.25, -0.2) is 5.84 Å². The third-order valence-corrected chi connectivity index (χ3v) is 5.84. The van der Waals surface area contributed by atoms with E-state index in [0.29, 0.717) is 48.6 Å². The first-order valence-electron chi connectivity index (χ1n) is 11.3. The van der Waals surface area contributed by atoms with E-state index in [4.69, 9.17) is 16.3 Å². The molecule has 180 valence electrons. The van der Waals surface area contributed by atoms with E-state index in [-0.39, 0.29) is 18.6 Å². The molecule has 0 saturated heterocycles. The van der Waals surface area contributed by atoms with E-state index in [1.54, 1.807) is 35.3 Å². The predicted octanol–water partition coefficient (Wildman–Crippen LogP) is 2.32. The van der Waals surface area contributed by atoms with Gasteiger partial charge in [0.25, 0.3) is 5.91 Å². The summed E-state index contributed by atoms with van der Waals surface area (Å²) in [6, 6.07) is 15.2. The smallest absolute Gasteiger partial charge is 0.255 e. The van der Waals surface area contributed by atoms with Gasteiger partial charge in [-0.1, -0.05) is 43.0 Å². The zero-order chi connectivity index (χ0) is 24.5. The van der Waals surface area contributed by atoms with Crippen molar-refractivity contribution in [2.75, 3.05) is 20.2 Å². The summed E-state index contributed by atoms with van der Waals surface area (Å²) in [5.74, 6) is 6.56. The Kier molecular flexibility index (Phi) is 8.70. The van der Waals surface area contributed by atoms with Gasteiger partial charge in [-0.3, -0.25) is 4.79 Å². The number of nitrogens with zero attached hydrogens (tertiary/aromatic N) is 2. The van der Waals surface area contributed by atoms with E-state index < -0.39 is 0 Å². The SMILES string of the molecule is C=C(NC)C(CCC=O)N1Cc2c(OC/C(N)=C/N(N)CCc3ccccc3)cccc2C1=O. The summed E-state index contributed by atoms with van der Waals surface area (Å²) in [4.78, 5) is 25.8. The van der Waals surface area contributed by atoms with E-state index >= 15 is 0 Å². The van der Waals surface area contributed by atoms with Crippen LogP contribution in [0, 0.1) is 0 Å². The van der Waals surface area contributed by atoms with E-state index in [1.165, 1.54) is 5.56 Å². The molecule has 1 amide bonds. The van der Waals surface area contributed by atoms with Crippen molar-refractivity contribution in [3.05, 3.63) is 89.4 Å². The minimum absolute atomic E-state index is 0.106. The molecule has 8 heteroatoms. The van der Waals surface area contributed by atoms with Crippen molar-refractivity contribution in [2.24, 2.45) is 11.6 Å². The number of carbonyl (C=O) groups excluding carboxylic acids is 2. The molecule has 34 heavy (non-hydrogen) atoms. The van der Waals surface area contributed by atoms with Crippen molar-refractivity contribution in [3.63, 3.8) is 0 Å². The number of hydrogen-bond acceptors (Lipinski definition) is 7. The van der Waals surface area contributed by atoms with E-state index in [2.05, 4.69) is 24.0 Å². The summed E-state index contributed by atoms with van der Waals surface area (Å²) in [7, 11) is 1.76. The van der Waals surface area contributed by atoms with Crippen LogP contribution in [0.5, 0.6) is 5.75 Å². The average molecular weight is 464 g/mol. The quantitative estimate of drug-likeness (QED) is 0.237. The van der Waals surface area contributed by atoms with Crippen LogP contribution in [0.15, 0.2) is 72.7 Å². The van der Waals surface area contributed by atoms with Crippen LogP contribution in [-0.4, -0.2) is 48.3 Å². The minimum atomic E-state index is -0.289. The van der Waals surface area contributed by atoms with Crippen molar-refractivity contribution in [1.29, 1.82) is 0 Å². The summed E-state index contributed by atoms with van der Waals surface area (Å²) in [5.41, 5.74) is 9.88. The molecular weight excluding hydrogens is 430 g/mol. The van der Waals surface area contributed by atoms with Crippen LogP contribution in [0.1, 0.15) is 34.3 Å². The van der Waals surface area contributed by atoms with Crippen molar-refractivity contribution < 1.29 is 14.3 Å². The maximum Gasteiger partial charge on any atom is 0.255 e. The molecule has 3 rings (SSSR count). The number of nitrogens with one attached hydrogen (secondary N) is 1. The molecule has 0 bridgehead atoms. The molecule has 5 N–H and O–H groups in total. The van der Waals surface area contributed by atoms with E-state index in [9.17, 15) is 9.59 Å². The highest BCUT2D eigenvalue weighted by molar-refractivity contribution is 5.99. The predicted molar refractivity (Wildman–Crippen MR) is 132 cm³/mol. The number of carbonyl (C=O) groups is 2. The topological polar surface area (TPSA) is 114 Å². The Balaban J connectivity index is 1.64. The molecule has 2 aromatic rings. The first-order chi connectivity index (χ1) is 16.4. The second-order valence-corrected chi connectivity index (χ2v) is 8.22. The van der Waals surface area contributed by atoms with Gasteiger partial charge in [-0.2, -0.15) is 0 Å². The van der Waals surface area contributed by atoms with Crippen LogP contribution in [-0.2, 0) is 17.8 Å². The fraction of sp³-hybridized carbons (Fsp3) is 0.308. The fourth-order valence-electron chi connectivity index (χ4n) is 4.00. The molecule has 2 aromatic carbocycles. The number of fused-ring (bicyclic) bond motifs is 1. The van der Waals surface area contributed by atoms with Gasteiger partial charge in [-0.15, -0.1) is 0 Å². The van der Waals surface area contributed by atoms with Gasteiger partial charge in [0.15, 0.2) is 0 Å². The highest BCUT2D eigenvalue weighted by atomic mass is 16.5. The van der Waals surface area contributed by atoms with Crippen molar-refractivity contribution in [1.82, 2.24) is 15.2 Å². The van der Waals surface area contributed by atoms with Gasteiger partial charge in [-0.05, 0) is 30.5 Å². The first-order valence-corrected chi connectivity index (χ1v) is 11.3. The Labute approximate surface area is 200 Å². The van der Waals surface area contributed by atoms with Gasteiger partial charge < -0.3 is 30.5 Å². The number of hydrogen-bond donors (Lipinski definition) is 3. The summed E-state index contributed by atoms with van der Waals surface area (Å²) in [5, 5.41) is 4.56. The number of rotatable bonds is 13. The maximum atomic E-state index is 13.1. The van der Waals surface area contributed by atoms with Gasteiger partial charge in [0.1, 0.15) is 18.6 Å². The lowest BCUT2D eigenvalue weighted by Crippen LogP contribution is -2.40. The molecule has 0 aromatic heterocycles. The monoisotopic (exact) mass is 463 g/mol. The molecule has 0 fully saturated rings. The van der Waals surface area contributed by atoms with Gasteiger partial charge >= 0.3 is 0 Å². The standard InChI is InChI=1S/C26H33N5O3/c1-19(29-2)24(11-7-15-32)31-17-23-22(26(31)33)10-6-12-25(23)34-18-21(27)16-30(28)14-13-20-8-4-3-5-9-20/h3-6,8-10,12,15-16,24,29H,1,7,11,13-14,17-18,27-28H2,2H3/b21-16-. The van der Waals surface area contributed by atoms with Crippen LogP contribution in [0.2, 0.25) is 0 Å². The number of amides is 1. The Morgan fingerprint density at radius 1 is 1.26 bits per heavy atom. The third kappa shape index (κ3) is 6.17. The van der Waals surface area contributed by atoms with Crippen molar-refractivity contribution >= 4 is 12.2 Å². The van der Waals surface area contributed by atoms with Crippen LogP contribution in [0.25, 0.3) is 0 Å². The lowest BCUT2D eigenvalue weighted by Gasteiger charge is -2.29. The number of benzene rings is 2. The highest BCUT2D eigenvalue weighted by Crippen LogP contribution is 2.34. The second kappa shape index (κ2) is 11.9. The lowest BCUT2D eigenvalue weighted by molar-refractivity contribution is -0.108. The first kappa shape index (κ1) is 24.9. The zero-order valence-corrected chi connectivity index (χ0v) is 19.6. The van der Waals surface area contributed by atoms with E-state index in [0.717, 1.165) is 18.3 Å². The maximum absolute atomic E-state index is 13.1. The average Bonchev–Trinajstić information content (AvgIpc) is 3.19. The minimum Gasteiger partial charge on any atom is -0.487 e. The van der Waals surface area contributed by atoms with Crippen LogP contribution in [0.3, 0.4) is 0 Å². The van der Waals surface area contributed by atoms with Gasteiger partial charge in [0.2, 0.25) is 0 Å². The van der Waals surface area contributed by atoms with E-state index in [1.807, 2.05) is 24.3 Å². The molecule has 0 radical (unpaired) electrons. The molecule has 1 aliphatic heterocycles. The molecule has 0 saturated carbocycles. The zero-order valence-electron chi connectivity index (χ0n) is 19.6. The molecule has 1 atom stereocenters. The Morgan fingerprint density at radius 3 is 2.74 bits per heavy atom. The number of nitrogens with two attached hydrogens (primary N) is 2. The molecular formula is C26H33N5O3. The third-order valence-electron chi connectivity index (χ3n) is 5.84. The van der Waals surface area contributed by atoms with Crippen LogP contribution in [0.4, 0.5) is 0 Å². The summed E-state index contributed by atoms with van der Waals surface area (Å²) in [6.07, 6.45) is 4.17. The molecule has 1 heterocycles. The Hall–Kier alpha value is -3.78.